The Balaban J connectivity index is 1.46. The maximum Gasteiger partial charge on any atom is 0.127 e. The minimum absolute atomic E-state index is 0.197. The van der Waals surface area contributed by atoms with Crippen molar-refractivity contribution in [2.24, 2.45) is 13.0 Å². The van der Waals surface area contributed by atoms with E-state index in [1.54, 1.807) is 25.3 Å². The molecule has 188 valence electrons. The summed E-state index contributed by atoms with van der Waals surface area (Å²) in [6, 6.07) is 12.7. The molecule has 7 heteroatoms. The van der Waals surface area contributed by atoms with Gasteiger partial charge in [-0.25, -0.2) is 4.39 Å². The molecule has 0 bridgehead atoms. The van der Waals surface area contributed by atoms with Crippen molar-refractivity contribution in [2.45, 2.75) is 45.3 Å². The van der Waals surface area contributed by atoms with Crippen LogP contribution in [0.4, 0.5) is 4.39 Å². The predicted octanol–water partition coefficient (Wildman–Crippen LogP) is 4.54. The number of hydrogen-bond donors (Lipinski definition) is 1. The van der Waals surface area contributed by atoms with E-state index in [0.717, 1.165) is 61.5 Å². The van der Waals surface area contributed by atoms with Crippen LogP contribution in [0, 0.1) is 18.7 Å². The topological polar surface area (TPSA) is 53.8 Å². The molecule has 1 atom stereocenters. The highest BCUT2D eigenvalue weighted by molar-refractivity contribution is 5.43. The molecule has 6 nitrogen and oxygen atoms in total. The Hall–Kier alpha value is -2.90. The first-order valence-electron chi connectivity index (χ1n) is 12.3. The number of nitrogens with zero attached hydrogens (tertiary/aromatic N) is 4. The quantitative estimate of drug-likeness (QED) is 0.488. The van der Waals surface area contributed by atoms with Gasteiger partial charge in [-0.2, -0.15) is 5.10 Å². The molecule has 1 aliphatic rings. The van der Waals surface area contributed by atoms with Crippen molar-refractivity contribution < 1.29 is 14.2 Å². The number of phenols is 1. The lowest BCUT2D eigenvalue weighted by Crippen LogP contribution is -2.45. The van der Waals surface area contributed by atoms with Crippen molar-refractivity contribution in [1.82, 2.24) is 19.6 Å². The summed E-state index contributed by atoms with van der Waals surface area (Å²) in [7, 11) is 5.80. The molecule has 2 aromatic carbocycles. The Kier molecular flexibility index (Phi) is 8.08. The van der Waals surface area contributed by atoms with Crippen LogP contribution >= 0.6 is 0 Å². The number of likely N-dealkylation sites (N-methyl/N-ethyl adjacent to an activating group) is 1. The molecule has 1 unspecified atom stereocenters. The normalized spacial score (nSPS) is 16.1. The van der Waals surface area contributed by atoms with E-state index < -0.39 is 0 Å². The molecule has 1 saturated heterocycles. The molecule has 0 saturated carbocycles. The minimum Gasteiger partial charge on any atom is -0.507 e. The van der Waals surface area contributed by atoms with E-state index >= 15 is 0 Å². The molecule has 35 heavy (non-hydrogen) atoms. The number of ether oxygens (including phenoxy) is 1. The van der Waals surface area contributed by atoms with Crippen LogP contribution in [0.15, 0.2) is 48.7 Å². The van der Waals surface area contributed by atoms with Crippen molar-refractivity contribution in [2.75, 3.05) is 27.2 Å². The zero-order valence-electron chi connectivity index (χ0n) is 21.2. The molecular formula is C28H37FN4O2. The van der Waals surface area contributed by atoms with Gasteiger partial charge in [0, 0.05) is 43.5 Å². The molecule has 0 amide bonds. The molecule has 1 N–H and O–H groups in total. The van der Waals surface area contributed by atoms with Crippen LogP contribution in [-0.4, -0.2) is 58.0 Å². The number of aromatic hydroxyl groups is 1. The number of hydrogen-bond acceptors (Lipinski definition) is 5. The molecule has 1 fully saturated rings. The van der Waals surface area contributed by atoms with Gasteiger partial charge in [0.05, 0.1) is 12.8 Å². The third kappa shape index (κ3) is 6.21. The zero-order valence-corrected chi connectivity index (χ0v) is 21.2. The standard InChI is InChI=1S/C28H37FN4O2/c1-20-23(18-32(3)30-20)17-31(2)26(16-21-8-10-24(29)11-9-21)22-12-14-33(15-13-22)19-25-27(34)6-5-7-28(25)35-4/h5-11,18,22,26,34H,12-17,19H2,1-4H3. The SMILES string of the molecule is COc1cccc(O)c1CN1CCC(C(Cc2ccc(F)cc2)N(C)Cc2cn(C)nc2C)CC1. The van der Waals surface area contributed by atoms with E-state index in [4.69, 9.17) is 4.74 Å². The van der Waals surface area contributed by atoms with Crippen molar-refractivity contribution >= 4 is 0 Å². The highest BCUT2D eigenvalue weighted by atomic mass is 19.1. The summed E-state index contributed by atoms with van der Waals surface area (Å²) in [6.45, 7) is 5.49. The number of aryl methyl sites for hydroxylation is 2. The molecular weight excluding hydrogens is 443 g/mol. The summed E-state index contributed by atoms with van der Waals surface area (Å²) in [5.41, 5.74) is 4.31. The molecule has 3 aromatic rings. The Labute approximate surface area is 207 Å². The summed E-state index contributed by atoms with van der Waals surface area (Å²) in [5, 5.41) is 14.9. The van der Waals surface area contributed by atoms with Gasteiger partial charge in [0.15, 0.2) is 0 Å². The lowest BCUT2D eigenvalue weighted by molar-refractivity contribution is 0.0945. The summed E-state index contributed by atoms with van der Waals surface area (Å²) >= 11 is 0. The minimum atomic E-state index is -0.197. The van der Waals surface area contributed by atoms with Crippen LogP contribution in [0.25, 0.3) is 0 Å². The second-order valence-corrected chi connectivity index (χ2v) is 9.80. The first-order valence-corrected chi connectivity index (χ1v) is 12.3. The van der Waals surface area contributed by atoms with Gasteiger partial charge in [-0.3, -0.25) is 14.5 Å². The Morgan fingerprint density at radius 2 is 1.89 bits per heavy atom. The van der Waals surface area contributed by atoms with Gasteiger partial charge in [0.1, 0.15) is 17.3 Å². The fourth-order valence-corrected chi connectivity index (χ4v) is 5.36. The van der Waals surface area contributed by atoms with Gasteiger partial charge in [0.25, 0.3) is 0 Å². The van der Waals surface area contributed by atoms with Crippen LogP contribution in [0.2, 0.25) is 0 Å². The lowest BCUT2D eigenvalue weighted by Gasteiger charge is -2.40. The van der Waals surface area contributed by atoms with Gasteiger partial charge < -0.3 is 9.84 Å². The highest BCUT2D eigenvalue weighted by Gasteiger charge is 2.30. The number of halogens is 1. The van der Waals surface area contributed by atoms with E-state index in [1.165, 1.54) is 5.56 Å². The third-order valence-electron chi connectivity index (χ3n) is 7.35. The first-order chi connectivity index (χ1) is 16.8. The fourth-order valence-electron chi connectivity index (χ4n) is 5.36. The Morgan fingerprint density at radius 3 is 2.51 bits per heavy atom. The lowest BCUT2D eigenvalue weighted by atomic mass is 9.84. The summed E-state index contributed by atoms with van der Waals surface area (Å²) < 4.78 is 20.9. The number of aromatic nitrogens is 2. The number of piperidine rings is 1. The van der Waals surface area contributed by atoms with Crippen LogP contribution in [0.1, 0.15) is 35.2 Å². The number of likely N-dealkylation sites (tertiary alicyclic amines) is 1. The Bertz CT molecular complexity index is 1110. The maximum atomic E-state index is 13.5. The fraction of sp³-hybridized carbons (Fsp3) is 0.464. The zero-order chi connectivity index (χ0) is 24.9. The molecule has 1 aromatic heterocycles. The van der Waals surface area contributed by atoms with Crippen LogP contribution in [0.5, 0.6) is 11.5 Å². The number of phenolic OH excluding ortho intramolecular Hbond substituents is 1. The van der Waals surface area contributed by atoms with Gasteiger partial charge in [-0.05, 0) is 82.1 Å². The van der Waals surface area contributed by atoms with E-state index in [2.05, 4.69) is 35.1 Å². The van der Waals surface area contributed by atoms with Gasteiger partial charge in [0.2, 0.25) is 0 Å². The molecule has 0 aliphatic carbocycles. The summed E-state index contributed by atoms with van der Waals surface area (Å²) in [6.07, 6.45) is 5.12. The van der Waals surface area contributed by atoms with Crippen LogP contribution in [-0.2, 0) is 26.6 Å². The van der Waals surface area contributed by atoms with Crippen LogP contribution < -0.4 is 4.74 Å². The Morgan fingerprint density at radius 1 is 1.17 bits per heavy atom. The summed E-state index contributed by atoms with van der Waals surface area (Å²) in [4.78, 5) is 4.84. The largest absolute Gasteiger partial charge is 0.507 e. The monoisotopic (exact) mass is 480 g/mol. The molecule has 0 spiro atoms. The van der Waals surface area contributed by atoms with E-state index in [0.29, 0.717) is 18.5 Å². The van der Waals surface area contributed by atoms with E-state index in [-0.39, 0.29) is 11.6 Å². The van der Waals surface area contributed by atoms with Gasteiger partial charge in [-0.1, -0.05) is 18.2 Å². The number of benzene rings is 2. The van der Waals surface area contributed by atoms with Crippen molar-refractivity contribution in [3.05, 3.63) is 76.9 Å². The van der Waals surface area contributed by atoms with Crippen LogP contribution in [0.3, 0.4) is 0 Å². The maximum absolute atomic E-state index is 13.5. The molecule has 4 rings (SSSR count). The average Bonchev–Trinajstić information content (AvgIpc) is 3.16. The smallest absolute Gasteiger partial charge is 0.127 e. The highest BCUT2D eigenvalue weighted by Crippen LogP contribution is 2.32. The summed E-state index contributed by atoms with van der Waals surface area (Å²) in [5.74, 6) is 1.34. The van der Waals surface area contributed by atoms with Crippen molar-refractivity contribution in [1.29, 1.82) is 0 Å². The van der Waals surface area contributed by atoms with E-state index in [1.807, 2.05) is 36.0 Å². The van der Waals surface area contributed by atoms with E-state index in [9.17, 15) is 9.50 Å². The predicted molar refractivity (Wildman–Crippen MR) is 136 cm³/mol. The number of rotatable bonds is 9. The second kappa shape index (κ2) is 11.2. The van der Waals surface area contributed by atoms with Crippen molar-refractivity contribution in [3.63, 3.8) is 0 Å². The molecule has 1 aliphatic heterocycles. The molecule has 2 heterocycles. The van der Waals surface area contributed by atoms with Gasteiger partial charge >= 0.3 is 0 Å². The molecule has 0 radical (unpaired) electrons. The van der Waals surface area contributed by atoms with Crippen molar-refractivity contribution in [3.8, 4) is 11.5 Å². The second-order valence-electron chi connectivity index (χ2n) is 9.80. The number of methoxy groups -OCH3 is 1. The third-order valence-corrected chi connectivity index (χ3v) is 7.35. The first kappa shape index (κ1) is 25.2. The van der Waals surface area contributed by atoms with Gasteiger partial charge in [-0.15, -0.1) is 0 Å². The average molecular weight is 481 g/mol.